The van der Waals surface area contributed by atoms with Gasteiger partial charge in [0.15, 0.2) is 6.29 Å². The number of carbonyl (C=O) groups is 2. The fourth-order valence-corrected chi connectivity index (χ4v) is 0.603. The van der Waals surface area contributed by atoms with E-state index in [1.807, 2.05) is 0 Å². The van der Waals surface area contributed by atoms with Gasteiger partial charge >= 0.3 is 11.9 Å². The summed E-state index contributed by atoms with van der Waals surface area (Å²) in [5.74, 6) is -2.11. The van der Waals surface area contributed by atoms with Crippen LogP contribution in [-0.4, -0.2) is 41.7 Å². The van der Waals surface area contributed by atoms with Crippen molar-refractivity contribution in [1.82, 2.24) is 0 Å². The summed E-state index contributed by atoms with van der Waals surface area (Å²) in [6, 6.07) is 0. The number of carbonyl (C=O) groups excluding carboxylic acids is 1. The van der Waals surface area contributed by atoms with Gasteiger partial charge in [-0.15, -0.1) is 0 Å². The number of rotatable bonds is 6. The zero-order chi connectivity index (χ0) is 10.3. The van der Waals surface area contributed by atoms with Crippen molar-refractivity contribution in [2.45, 2.75) is 19.6 Å². The van der Waals surface area contributed by atoms with Gasteiger partial charge in [0.1, 0.15) is 6.42 Å². The molecule has 6 heteroatoms. The number of esters is 1. The summed E-state index contributed by atoms with van der Waals surface area (Å²) in [4.78, 5) is 20.7. The monoisotopic (exact) mass is 192 g/mol. The van der Waals surface area contributed by atoms with Crippen molar-refractivity contribution in [3.8, 4) is 0 Å². The average molecular weight is 192 g/mol. The second-order valence-corrected chi connectivity index (χ2v) is 2.22. The van der Waals surface area contributed by atoms with E-state index < -0.39 is 24.6 Å². The lowest BCUT2D eigenvalue weighted by Crippen LogP contribution is -2.21. The number of aliphatic hydroxyl groups is 1. The third-order valence-corrected chi connectivity index (χ3v) is 1.04. The highest BCUT2D eigenvalue weighted by Crippen LogP contribution is 1.96. The SMILES string of the molecule is CC(OCCO)OC(=O)CC(=O)O. The van der Waals surface area contributed by atoms with Gasteiger partial charge in [0.05, 0.1) is 13.2 Å². The molecule has 0 rings (SSSR count). The highest BCUT2D eigenvalue weighted by Gasteiger charge is 2.12. The van der Waals surface area contributed by atoms with E-state index in [0.717, 1.165) is 0 Å². The Labute approximate surface area is 75.1 Å². The molecular formula is C7H12O6. The Kier molecular flexibility index (Phi) is 5.82. The fourth-order valence-electron chi connectivity index (χ4n) is 0.603. The van der Waals surface area contributed by atoms with Gasteiger partial charge in [0.25, 0.3) is 0 Å². The number of hydrogen-bond acceptors (Lipinski definition) is 5. The van der Waals surface area contributed by atoms with Gasteiger partial charge in [-0.25, -0.2) is 0 Å². The molecule has 0 amide bonds. The second kappa shape index (κ2) is 6.38. The zero-order valence-corrected chi connectivity index (χ0v) is 7.23. The molecule has 0 spiro atoms. The van der Waals surface area contributed by atoms with Crippen LogP contribution >= 0.6 is 0 Å². The van der Waals surface area contributed by atoms with Gasteiger partial charge in [-0.1, -0.05) is 0 Å². The molecule has 0 radical (unpaired) electrons. The minimum Gasteiger partial charge on any atom is -0.481 e. The van der Waals surface area contributed by atoms with Gasteiger partial charge < -0.3 is 19.7 Å². The lowest BCUT2D eigenvalue weighted by atomic mass is 10.4. The third-order valence-electron chi connectivity index (χ3n) is 1.04. The van der Waals surface area contributed by atoms with Crippen LogP contribution in [-0.2, 0) is 19.1 Å². The maximum absolute atomic E-state index is 10.7. The van der Waals surface area contributed by atoms with Crippen molar-refractivity contribution in [2.75, 3.05) is 13.2 Å². The van der Waals surface area contributed by atoms with E-state index >= 15 is 0 Å². The van der Waals surface area contributed by atoms with Crippen LogP contribution in [0.4, 0.5) is 0 Å². The summed E-state index contributed by atoms with van der Waals surface area (Å²) in [6.07, 6.45) is -1.52. The Balaban J connectivity index is 3.59. The van der Waals surface area contributed by atoms with E-state index in [9.17, 15) is 9.59 Å². The molecule has 1 unspecified atom stereocenters. The first-order chi connectivity index (χ1) is 6.06. The molecular weight excluding hydrogens is 180 g/mol. The lowest BCUT2D eigenvalue weighted by Gasteiger charge is -2.12. The first kappa shape index (κ1) is 11.9. The summed E-state index contributed by atoms with van der Waals surface area (Å²) >= 11 is 0. The molecule has 0 aromatic rings. The van der Waals surface area contributed by atoms with Crippen LogP contribution in [0.25, 0.3) is 0 Å². The van der Waals surface area contributed by atoms with E-state index in [-0.39, 0.29) is 13.2 Å². The summed E-state index contributed by atoms with van der Waals surface area (Å²) in [7, 11) is 0. The highest BCUT2D eigenvalue weighted by atomic mass is 16.7. The van der Waals surface area contributed by atoms with Crippen molar-refractivity contribution in [3.63, 3.8) is 0 Å². The molecule has 6 nitrogen and oxygen atoms in total. The number of hydrogen-bond donors (Lipinski definition) is 2. The Morgan fingerprint density at radius 3 is 2.54 bits per heavy atom. The molecule has 0 heterocycles. The average Bonchev–Trinajstić information content (AvgIpc) is 1.98. The summed E-state index contributed by atoms with van der Waals surface area (Å²) in [6.45, 7) is 1.30. The molecule has 0 saturated carbocycles. The normalized spacial score (nSPS) is 12.2. The van der Waals surface area contributed by atoms with Crippen LogP contribution < -0.4 is 0 Å². The topological polar surface area (TPSA) is 93.1 Å². The predicted octanol–water partition coefficient (Wildman–Crippen LogP) is -0.641. The number of carboxylic acid groups (broad SMARTS) is 1. The minimum absolute atomic E-state index is 0.0432. The van der Waals surface area contributed by atoms with Gasteiger partial charge in [-0.05, 0) is 6.92 Å². The molecule has 0 saturated heterocycles. The Bertz CT molecular complexity index is 178. The molecule has 13 heavy (non-hydrogen) atoms. The summed E-state index contributed by atoms with van der Waals surface area (Å²) in [5, 5.41) is 16.5. The summed E-state index contributed by atoms with van der Waals surface area (Å²) in [5.41, 5.74) is 0. The van der Waals surface area contributed by atoms with E-state index in [4.69, 9.17) is 14.9 Å². The van der Waals surface area contributed by atoms with Crippen molar-refractivity contribution in [2.24, 2.45) is 0 Å². The quantitative estimate of drug-likeness (QED) is 0.330. The van der Waals surface area contributed by atoms with Crippen LogP contribution in [0.1, 0.15) is 13.3 Å². The van der Waals surface area contributed by atoms with Crippen molar-refractivity contribution in [3.05, 3.63) is 0 Å². The zero-order valence-electron chi connectivity index (χ0n) is 7.23. The molecule has 76 valence electrons. The van der Waals surface area contributed by atoms with E-state index in [1.165, 1.54) is 6.92 Å². The van der Waals surface area contributed by atoms with Gasteiger partial charge in [-0.2, -0.15) is 0 Å². The maximum Gasteiger partial charge on any atom is 0.319 e. The second-order valence-electron chi connectivity index (χ2n) is 2.22. The van der Waals surface area contributed by atoms with Gasteiger partial charge in [0.2, 0.25) is 0 Å². The van der Waals surface area contributed by atoms with Crippen molar-refractivity contribution >= 4 is 11.9 Å². The molecule has 0 aliphatic rings. The van der Waals surface area contributed by atoms with Crippen LogP contribution in [0.2, 0.25) is 0 Å². The predicted molar refractivity (Wildman–Crippen MR) is 40.8 cm³/mol. The number of carboxylic acids is 1. The molecule has 0 aliphatic heterocycles. The van der Waals surface area contributed by atoms with Crippen LogP contribution in [0, 0.1) is 0 Å². The maximum atomic E-state index is 10.7. The Hall–Kier alpha value is -1.14. The third kappa shape index (κ3) is 7.23. The summed E-state index contributed by atoms with van der Waals surface area (Å²) < 4.78 is 9.27. The number of ether oxygens (including phenoxy) is 2. The standard InChI is InChI=1S/C7H12O6/c1-5(12-3-2-8)13-7(11)4-6(9)10/h5,8H,2-4H2,1H3,(H,9,10). The minimum atomic E-state index is -1.25. The lowest BCUT2D eigenvalue weighted by molar-refractivity contribution is -0.178. The fraction of sp³-hybridized carbons (Fsp3) is 0.714. The Morgan fingerprint density at radius 1 is 1.46 bits per heavy atom. The van der Waals surface area contributed by atoms with Crippen LogP contribution in [0.5, 0.6) is 0 Å². The molecule has 0 aromatic carbocycles. The molecule has 2 N–H and O–H groups in total. The largest absolute Gasteiger partial charge is 0.481 e. The molecule has 0 bridgehead atoms. The molecule has 0 aromatic heterocycles. The first-order valence-corrected chi connectivity index (χ1v) is 3.70. The van der Waals surface area contributed by atoms with E-state index in [1.54, 1.807) is 0 Å². The van der Waals surface area contributed by atoms with Crippen molar-refractivity contribution in [1.29, 1.82) is 0 Å². The van der Waals surface area contributed by atoms with Gasteiger partial charge in [0, 0.05) is 0 Å². The van der Waals surface area contributed by atoms with E-state index in [0.29, 0.717) is 0 Å². The van der Waals surface area contributed by atoms with Crippen LogP contribution in [0.15, 0.2) is 0 Å². The molecule has 1 atom stereocenters. The highest BCUT2D eigenvalue weighted by molar-refractivity contribution is 5.90. The molecule has 0 aliphatic carbocycles. The molecule has 0 fully saturated rings. The van der Waals surface area contributed by atoms with Crippen molar-refractivity contribution < 1.29 is 29.3 Å². The van der Waals surface area contributed by atoms with E-state index in [2.05, 4.69) is 4.74 Å². The van der Waals surface area contributed by atoms with Gasteiger partial charge in [-0.3, -0.25) is 9.59 Å². The number of aliphatic hydroxyl groups excluding tert-OH is 1. The smallest absolute Gasteiger partial charge is 0.319 e. The van der Waals surface area contributed by atoms with Crippen LogP contribution in [0.3, 0.4) is 0 Å². The Morgan fingerprint density at radius 2 is 2.08 bits per heavy atom. The number of aliphatic carboxylic acids is 1. The first-order valence-electron chi connectivity index (χ1n) is 3.70.